The Balaban J connectivity index is 0.860. The zero-order chi connectivity index (χ0) is 44.0. The lowest BCUT2D eigenvalue weighted by Crippen LogP contribution is -2.60. The van der Waals surface area contributed by atoms with Gasteiger partial charge in [-0.05, 0) is 110 Å². The van der Waals surface area contributed by atoms with Crippen LogP contribution >= 0.6 is 23.2 Å². The van der Waals surface area contributed by atoms with E-state index in [-0.39, 0.29) is 34.1 Å². The lowest BCUT2D eigenvalue weighted by molar-refractivity contribution is -0.126. The Kier molecular flexibility index (Phi) is 11.5. The van der Waals surface area contributed by atoms with Gasteiger partial charge in [-0.15, -0.1) is 0 Å². The molecule has 1 aliphatic carbocycles. The van der Waals surface area contributed by atoms with Crippen LogP contribution in [0.15, 0.2) is 91.1 Å². The Hall–Kier alpha value is -5.80. The Morgan fingerprint density at radius 2 is 1.71 bits per heavy atom. The number of amides is 4. The molecule has 2 spiro atoms. The monoisotopic (exact) mass is 885 g/mol. The molecule has 322 valence electrons. The van der Waals surface area contributed by atoms with Gasteiger partial charge >= 0.3 is 0 Å². The van der Waals surface area contributed by atoms with Crippen molar-refractivity contribution >= 4 is 64.0 Å². The number of carbonyl (C=O) groups is 5. The van der Waals surface area contributed by atoms with Crippen molar-refractivity contribution in [2.24, 2.45) is 0 Å². The zero-order valence-electron chi connectivity index (χ0n) is 34.6. The second kappa shape index (κ2) is 17.1. The molecule has 0 radical (unpaired) electrons. The van der Waals surface area contributed by atoms with Crippen LogP contribution in [-0.4, -0.2) is 51.9 Å². The molecule has 0 bridgehead atoms. The van der Waals surface area contributed by atoms with Crippen LogP contribution in [0.1, 0.15) is 120 Å². The minimum Gasteiger partial charge on any atom is -0.329 e. The lowest BCUT2D eigenvalue weighted by atomic mass is 9.55. The molecular formula is C50H46Cl2FN5O5. The summed E-state index contributed by atoms with van der Waals surface area (Å²) in [6.07, 6.45) is 7.18. The number of nitrogens with one attached hydrogen (secondary N) is 4. The summed E-state index contributed by atoms with van der Waals surface area (Å²) in [5.41, 5.74) is 2.94. The molecule has 10 nitrogen and oxygen atoms in total. The number of piperidine rings is 1. The van der Waals surface area contributed by atoms with Crippen LogP contribution in [0.2, 0.25) is 10.0 Å². The van der Waals surface area contributed by atoms with Crippen molar-refractivity contribution in [3.05, 3.63) is 140 Å². The minimum absolute atomic E-state index is 0.0446. The number of unbranched alkanes of at least 4 members (excludes halogenated alkanes) is 2. The van der Waals surface area contributed by atoms with Crippen LogP contribution < -0.4 is 21.3 Å². The van der Waals surface area contributed by atoms with E-state index in [1.54, 1.807) is 65.6 Å². The van der Waals surface area contributed by atoms with Crippen molar-refractivity contribution in [1.29, 1.82) is 0 Å². The smallest absolute Gasteiger partial charge is 0.255 e. The number of hydrogen-bond acceptors (Lipinski definition) is 6. The van der Waals surface area contributed by atoms with E-state index in [9.17, 15) is 24.0 Å². The summed E-state index contributed by atoms with van der Waals surface area (Å²) in [6, 6.07) is 20.5. The molecule has 13 heteroatoms. The summed E-state index contributed by atoms with van der Waals surface area (Å²) < 4.78 is 16.2. The van der Waals surface area contributed by atoms with E-state index in [0.29, 0.717) is 96.7 Å². The first-order chi connectivity index (χ1) is 30.4. The molecular weight excluding hydrogens is 840 g/mol. The van der Waals surface area contributed by atoms with E-state index >= 15 is 4.39 Å². The van der Waals surface area contributed by atoms with Crippen LogP contribution in [0.25, 0.3) is 0 Å². The topological polar surface area (TPSA) is 137 Å². The van der Waals surface area contributed by atoms with E-state index in [2.05, 4.69) is 39.7 Å². The lowest BCUT2D eigenvalue weighted by Gasteiger charge is -2.47. The molecule has 1 unspecified atom stereocenters. The molecule has 4 heterocycles. The molecule has 0 aromatic heterocycles. The van der Waals surface area contributed by atoms with Gasteiger partial charge in [-0.2, -0.15) is 0 Å². The standard InChI is InChI=1S/C50H46Cl2FN5O5/c1-29-17-24-40(45(60)54-29)58-28-36-30(12-9-13-34(36)47(58)62)11-5-2-3-6-16-41(59)31-18-21-33(22-19-31)55-46(61)44-42(35-14-10-15-38(52)43(35)53)50(49(57-44)25-7-4-8-26-49)37-23-20-32(51)27-39(37)56-48(50)63/h9-10,12-15,18-23,27,40,42,44,57H,1-4,6-8,16-17,24-26,28H2,(H,54,60)(H,55,61)(H,56,63)/t40?,42-,44+,50+/m0/s1. The van der Waals surface area contributed by atoms with Gasteiger partial charge in [-0.1, -0.05) is 85.1 Å². The van der Waals surface area contributed by atoms with Crippen LogP contribution in [0, 0.1) is 17.7 Å². The highest BCUT2D eigenvalue weighted by Gasteiger charge is 2.72. The maximum absolute atomic E-state index is 16.2. The van der Waals surface area contributed by atoms with Crippen LogP contribution in [0.4, 0.5) is 15.8 Å². The number of benzene rings is 4. The number of anilines is 2. The Morgan fingerprint density at radius 1 is 0.937 bits per heavy atom. The van der Waals surface area contributed by atoms with Gasteiger partial charge in [0.1, 0.15) is 17.3 Å². The van der Waals surface area contributed by atoms with Crippen molar-refractivity contribution < 1.29 is 28.4 Å². The van der Waals surface area contributed by atoms with Crippen molar-refractivity contribution in [1.82, 2.24) is 15.5 Å². The maximum atomic E-state index is 16.2. The summed E-state index contributed by atoms with van der Waals surface area (Å²) in [5, 5.41) is 12.8. The third kappa shape index (κ3) is 7.42. The first-order valence-electron chi connectivity index (χ1n) is 21.6. The molecule has 4 atom stereocenters. The van der Waals surface area contributed by atoms with Gasteiger partial charge in [-0.3, -0.25) is 29.3 Å². The third-order valence-electron chi connectivity index (χ3n) is 13.7. The number of carbonyl (C=O) groups excluding carboxylic acids is 5. The maximum Gasteiger partial charge on any atom is 0.255 e. The molecule has 4 amide bonds. The Bertz CT molecular complexity index is 2650. The van der Waals surface area contributed by atoms with Gasteiger partial charge in [0.2, 0.25) is 17.7 Å². The van der Waals surface area contributed by atoms with Crippen LogP contribution in [0.5, 0.6) is 0 Å². The number of nitrogens with zero attached hydrogens (tertiary/aromatic N) is 1. The first kappa shape index (κ1) is 42.5. The summed E-state index contributed by atoms with van der Waals surface area (Å²) in [7, 11) is 0. The van der Waals surface area contributed by atoms with Crippen LogP contribution in [-0.2, 0) is 26.3 Å². The van der Waals surface area contributed by atoms with Gasteiger partial charge in [0.05, 0.1) is 11.1 Å². The number of Topliss-reactive ketones (excluding diaryl/α,β-unsaturated/α-hetero) is 1. The Labute approximate surface area is 375 Å². The quantitative estimate of drug-likeness (QED) is 0.0753. The summed E-state index contributed by atoms with van der Waals surface area (Å²) in [5.74, 6) is 3.59. The van der Waals surface area contributed by atoms with Crippen LogP contribution in [0.3, 0.4) is 0 Å². The SMILES string of the molecule is C=C1CCC(N2Cc3c(C#CCCCCC(=O)c4ccc(NC(=O)[C@@H]5NC6(CCCCC6)[C@@]6(C(=O)Nc7cc(Cl)ccc76)[C@H]5c5cccc(Cl)c5F)cc4)cccc3C2=O)C(=O)N1. The Morgan fingerprint density at radius 3 is 2.49 bits per heavy atom. The van der Waals surface area contributed by atoms with E-state index in [1.165, 1.54) is 6.07 Å². The fraction of sp³-hybridized carbons (Fsp3) is 0.340. The fourth-order valence-corrected chi connectivity index (χ4v) is 11.1. The van der Waals surface area contributed by atoms with Crippen molar-refractivity contribution in [2.45, 2.75) is 106 Å². The van der Waals surface area contributed by atoms with E-state index in [1.807, 2.05) is 12.1 Å². The fourth-order valence-electron chi connectivity index (χ4n) is 10.8. The average molecular weight is 887 g/mol. The molecule has 9 rings (SSSR count). The minimum atomic E-state index is -1.35. The molecule has 4 aromatic carbocycles. The molecule has 4 aliphatic heterocycles. The number of allylic oxidation sites excluding steroid dienone is 1. The van der Waals surface area contributed by atoms with Gasteiger partial charge in [0.25, 0.3) is 5.91 Å². The highest BCUT2D eigenvalue weighted by molar-refractivity contribution is 6.31. The molecule has 4 N–H and O–H groups in total. The molecule has 2 saturated heterocycles. The number of halogens is 3. The summed E-state index contributed by atoms with van der Waals surface area (Å²) in [4.78, 5) is 69.8. The number of rotatable bonds is 9. The number of hydrogen-bond donors (Lipinski definition) is 4. The largest absolute Gasteiger partial charge is 0.329 e. The first-order valence-corrected chi connectivity index (χ1v) is 22.3. The molecule has 5 aliphatic rings. The summed E-state index contributed by atoms with van der Waals surface area (Å²) in [6.45, 7) is 4.16. The van der Waals surface area contributed by atoms with E-state index in [0.717, 1.165) is 30.4 Å². The summed E-state index contributed by atoms with van der Waals surface area (Å²) >= 11 is 12.8. The van der Waals surface area contributed by atoms with E-state index < -0.39 is 40.7 Å². The number of fused-ring (bicyclic) bond motifs is 4. The van der Waals surface area contributed by atoms with Crippen molar-refractivity contribution in [2.75, 3.05) is 10.6 Å². The third-order valence-corrected chi connectivity index (χ3v) is 14.2. The molecule has 63 heavy (non-hydrogen) atoms. The number of ketones is 1. The molecule has 4 aromatic rings. The highest BCUT2D eigenvalue weighted by atomic mass is 35.5. The van der Waals surface area contributed by atoms with Gasteiger partial charge in [-0.25, -0.2) is 4.39 Å². The zero-order valence-corrected chi connectivity index (χ0v) is 36.1. The molecule has 1 saturated carbocycles. The van der Waals surface area contributed by atoms with Crippen molar-refractivity contribution in [3.63, 3.8) is 0 Å². The second-order valence-corrected chi connectivity index (χ2v) is 18.1. The highest BCUT2D eigenvalue weighted by Crippen LogP contribution is 2.63. The second-order valence-electron chi connectivity index (χ2n) is 17.2. The van der Waals surface area contributed by atoms with Gasteiger partial charge in [0.15, 0.2) is 5.78 Å². The van der Waals surface area contributed by atoms with Gasteiger partial charge < -0.3 is 20.9 Å². The van der Waals surface area contributed by atoms with E-state index in [4.69, 9.17) is 23.2 Å². The predicted molar refractivity (Wildman–Crippen MR) is 240 cm³/mol. The van der Waals surface area contributed by atoms with Crippen molar-refractivity contribution in [3.8, 4) is 11.8 Å². The molecule has 3 fully saturated rings. The van der Waals surface area contributed by atoms with Gasteiger partial charge in [0, 0.05) is 69.6 Å². The predicted octanol–water partition coefficient (Wildman–Crippen LogP) is 8.96. The normalized spacial score (nSPS) is 23.2. The average Bonchev–Trinajstić information content (AvgIpc) is 3.87.